The van der Waals surface area contributed by atoms with Crippen LogP contribution in [0.1, 0.15) is 47.2 Å². The number of carbonyl (C=O) groups excluding carboxylic acids is 1. The average molecular weight is 576 g/mol. The molecule has 8 nitrogen and oxygen atoms in total. The number of hydrogen-bond donors (Lipinski definition) is 2. The van der Waals surface area contributed by atoms with Crippen molar-refractivity contribution in [2.24, 2.45) is 0 Å². The van der Waals surface area contributed by atoms with Gasteiger partial charge in [-0.25, -0.2) is 16.8 Å². The molecule has 0 radical (unpaired) electrons. The minimum absolute atomic E-state index is 0.0260. The largest absolute Gasteiger partial charge is 0.322 e. The fraction of sp³-hybridized carbons (Fsp3) is 0.296. The van der Waals surface area contributed by atoms with E-state index in [2.05, 4.69) is 10.0 Å². The third-order valence-electron chi connectivity index (χ3n) is 6.42. The van der Waals surface area contributed by atoms with E-state index >= 15 is 0 Å². The Kier molecular flexibility index (Phi) is 8.46. The summed E-state index contributed by atoms with van der Waals surface area (Å²) in [6, 6.07) is 15.2. The maximum Gasteiger partial charge on any atom is 0.263 e. The summed E-state index contributed by atoms with van der Waals surface area (Å²) in [6.45, 7) is 4.70. The van der Waals surface area contributed by atoms with E-state index in [9.17, 15) is 21.6 Å². The minimum atomic E-state index is -4.08. The van der Waals surface area contributed by atoms with Crippen LogP contribution in [0.2, 0.25) is 5.02 Å². The fourth-order valence-corrected chi connectivity index (χ4v) is 7.50. The van der Waals surface area contributed by atoms with Crippen LogP contribution in [-0.4, -0.2) is 40.1 Å². The number of nitrogens with one attached hydrogen (secondary N) is 2. The van der Waals surface area contributed by atoms with Gasteiger partial charge >= 0.3 is 0 Å². The summed E-state index contributed by atoms with van der Waals surface area (Å²) in [7, 11) is -7.69. The quantitative estimate of drug-likeness (QED) is 0.382. The predicted octanol–water partition coefficient (Wildman–Crippen LogP) is 5.57. The summed E-state index contributed by atoms with van der Waals surface area (Å²) < 4.78 is 56.2. The molecule has 0 aliphatic carbocycles. The lowest BCUT2D eigenvalue weighted by Crippen LogP contribution is -2.31. The molecule has 1 fully saturated rings. The zero-order chi connectivity index (χ0) is 27.5. The highest BCUT2D eigenvalue weighted by Gasteiger charge is 2.25. The van der Waals surface area contributed by atoms with Gasteiger partial charge in [-0.3, -0.25) is 9.52 Å². The van der Waals surface area contributed by atoms with E-state index in [1.807, 2.05) is 13.0 Å². The van der Waals surface area contributed by atoms with Gasteiger partial charge in [0.05, 0.1) is 15.6 Å². The molecule has 0 aromatic heterocycles. The van der Waals surface area contributed by atoms with Crippen LogP contribution in [0.4, 0.5) is 11.4 Å². The highest BCUT2D eigenvalue weighted by molar-refractivity contribution is 7.92. The Bertz CT molecular complexity index is 1550. The molecule has 1 amide bonds. The van der Waals surface area contributed by atoms with Crippen LogP contribution >= 0.6 is 11.6 Å². The van der Waals surface area contributed by atoms with E-state index in [1.165, 1.54) is 46.8 Å². The molecular weight excluding hydrogens is 546 g/mol. The molecule has 0 bridgehead atoms. The molecule has 3 aromatic carbocycles. The third kappa shape index (κ3) is 6.37. The van der Waals surface area contributed by atoms with Crippen molar-refractivity contribution in [2.75, 3.05) is 23.1 Å². The van der Waals surface area contributed by atoms with Crippen molar-refractivity contribution in [3.63, 3.8) is 0 Å². The number of benzene rings is 3. The van der Waals surface area contributed by atoms with Crippen molar-refractivity contribution < 1.29 is 21.6 Å². The highest BCUT2D eigenvalue weighted by Crippen LogP contribution is 2.27. The second-order valence-electron chi connectivity index (χ2n) is 9.37. The first kappa shape index (κ1) is 28.1. The molecule has 0 atom stereocenters. The number of nitrogens with zero attached hydrogens (tertiary/aromatic N) is 1. The second-order valence-corrected chi connectivity index (χ2v) is 13.4. The Morgan fingerprint density at radius 1 is 0.842 bits per heavy atom. The molecule has 1 aliphatic rings. The molecule has 0 unspecified atom stereocenters. The Morgan fingerprint density at radius 2 is 1.50 bits per heavy atom. The first-order chi connectivity index (χ1) is 18.0. The number of carbonyl (C=O) groups is 1. The van der Waals surface area contributed by atoms with Crippen LogP contribution < -0.4 is 10.0 Å². The lowest BCUT2D eigenvalue weighted by Gasteiger charge is -2.20. The van der Waals surface area contributed by atoms with E-state index in [0.29, 0.717) is 24.5 Å². The van der Waals surface area contributed by atoms with Gasteiger partial charge in [0.25, 0.3) is 15.9 Å². The summed E-state index contributed by atoms with van der Waals surface area (Å²) in [5.41, 5.74) is 2.61. The summed E-state index contributed by atoms with van der Waals surface area (Å²) in [6.07, 6.45) is 3.72. The molecule has 4 rings (SSSR count). The molecule has 202 valence electrons. The Hall–Kier alpha value is -2.92. The van der Waals surface area contributed by atoms with Gasteiger partial charge in [0.1, 0.15) is 4.90 Å². The van der Waals surface area contributed by atoms with Crippen molar-refractivity contribution in [3.8, 4) is 0 Å². The standard InChI is InChI=1S/C27H30ClN3O5S2/c1-19-7-14-25(20(2)17-19)30-37(33,34)26-18-21(8-13-24(26)28)27(32)29-22-9-11-23(12-10-22)38(35,36)31-15-5-3-4-6-16-31/h7-14,17-18,30H,3-6,15-16H2,1-2H3,(H,29,32). The first-order valence-corrected chi connectivity index (χ1v) is 15.6. The van der Waals surface area contributed by atoms with Crippen molar-refractivity contribution >= 4 is 48.9 Å². The highest BCUT2D eigenvalue weighted by atomic mass is 35.5. The maximum absolute atomic E-state index is 13.1. The molecule has 0 saturated carbocycles. The Labute approximate surface area is 229 Å². The van der Waals surface area contributed by atoms with Crippen LogP contribution in [0.5, 0.6) is 0 Å². The lowest BCUT2D eigenvalue weighted by atomic mass is 10.1. The van der Waals surface area contributed by atoms with Crippen LogP contribution in [0.15, 0.2) is 70.5 Å². The van der Waals surface area contributed by atoms with Gasteiger partial charge in [-0.15, -0.1) is 0 Å². The van der Waals surface area contributed by atoms with E-state index < -0.39 is 26.0 Å². The normalized spacial score (nSPS) is 15.0. The third-order valence-corrected chi connectivity index (χ3v) is 10.2. The summed E-state index contributed by atoms with van der Waals surface area (Å²) in [5, 5.41) is 2.66. The number of anilines is 2. The zero-order valence-electron chi connectivity index (χ0n) is 21.2. The molecule has 2 N–H and O–H groups in total. The Balaban J connectivity index is 1.51. The molecular formula is C27H30ClN3O5S2. The molecule has 11 heteroatoms. The average Bonchev–Trinajstić information content (AvgIpc) is 3.17. The summed E-state index contributed by atoms with van der Waals surface area (Å²) >= 11 is 6.20. The van der Waals surface area contributed by atoms with Crippen LogP contribution in [0.3, 0.4) is 0 Å². The molecule has 1 heterocycles. The Morgan fingerprint density at radius 3 is 2.13 bits per heavy atom. The number of halogens is 1. The fourth-order valence-electron chi connectivity index (χ4n) is 4.32. The SMILES string of the molecule is Cc1ccc(NS(=O)(=O)c2cc(C(=O)Nc3ccc(S(=O)(=O)N4CCCCCC4)cc3)ccc2Cl)c(C)c1. The lowest BCUT2D eigenvalue weighted by molar-refractivity contribution is 0.102. The predicted molar refractivity (Wildman–Crippen MR) is 150 cm³/mol. The van der Waals surface area contributed by atoms with Gasteiger partial charge in [-0.2, -0.15) is 4.31 Å². The van der Waals surface area contributed by atoms with Gasteiger partial charge in [0.15, 0.2) is 0 Å². The molecule has 38 heavy (non-hydrogen) atoms. The van der Waals surface area contributed by atoms with E-state index in [4.69, 9.17) is 11.6 Å². The van der Waals surface area contributed by atoms with Gasteiger partial charge in [0.2, 0.25) is 10.0 Å². The number of amides is 1. The molecule has 1 saturated heterocycles. The smallest absolute Gasteiger partial charge is 0.263 e. The van der Waals surface area contributed by atoms with Crippen LogP contribution in [0, 0.1) is 13.8 Å². The minimum Gasteiger partial charge on any atom is -0.322 e. The second kappa shape index (κ2) is 11.4. The molecule has 1 aliphatic heterocycles. The maximum atomic E-state index is 13.1. The monoisotopic (exact) mass is 575 g/mol. The topological polar surface area (TPSA) is 113 Å². The number of sulfonamides is 2. The molecule has 0 spiro atoms. The number of aryl methyl sites for hydroxylation is 2. The van der Waals surface area contributed by atoms with Crippen molar-refractivity contribution in [2.45, 2.75) is 49.3 Å². The van der Waals surface area contributed by atoms with E-state index in [-0.39, 0.29) is 20.4 Å². The van der Waals surface area contributed by atoms with Crippen molar-refractivity contribution in [3.05, 3.63) is 82.4 Å². The van der Waals surface area contributed by atoms with Gasteiger partial charge in [-0.05, 0) is 80.8 Å². The number of rotatable bonds is 7. The first-order valence-electron chi connectivity index (χ1n) is 12.3. The summed E-state index contributed by atoms with van der Waals surface area (Å²) in [4.78, 5) is 12.9. The zero-order valence-corrected chi connectivity index (χ0v) is 23.6. The molecule has 3 aromatic rings. The number of hydrogen-bond acceptors (Lipinski definition) is 5. The van der Waals surface area contributed by atoms with Gasteiger partial charge in [-0.1, -0.05) is 42.1 Å². The van der Waals surface area contributed by atoms with E-state index in [0.717, 1.165) is 36.8 Å². The van der Waals surface area contributed by atoms with Gasteiger partial charge < -0.3 is 5.32 Å². The summed E-state index contributed by atoms with van der Waals surface area (Å²) in [5.74, 6) is -0.562. The van der Waals surface area contributed by atoms with Crippen molar-refractivity contribution in [1.29, 1.82) is 0 Å². The van der Waals surface area contributed by atoms with Crippen molar-refractivity contribution in [1.82, 2.24) is 4.31 Å². The van der Waals surface area contributed by atoms with Crippen LogP contribution in [-0.2, 0) is 20.0 Å². The van der Waals surface area contributed by atoms with Crippen LogP contribution in [0.25, 0.3) is 0 Å². The van der Waals surface area contributed by atoms with E-state index in [1.54, 1.807) is 19.1 Å². The van der Waals surface area contributed by atoms with Gasteiger partial charge in [0, 0.05) is 24.3 Å².